The number of hydrogen-bond acceptors (Lipinski definition) is 3. The topological polar surface area (TPSA) is 61.4 Å². The van der Waals surface area contributed by atoms with E-state index in [-0.39, 0.29) is 30.3 Å². The Morgan fingerprint density at radius 3 is 2.45 bits per heavy atom. The summed E-state index contributed by atoms with van der Waals surface area (Å²) in [6.45, 7) is 2.24. The summed E-state index contributed by atoms with van der Waals surface area (Å²) in [5.41, 5.74) is 5.61. The smallest absolute Gasteiger partial charge is 0.249 e. The first-order chi connectivity index (χ1) is 18.0. The maximum absolute atomic E-state index is 14.0. The molecule has 4 aromatic rings. The normalized spacial score (nSPS) is 15.8. The maximum atomic E-state index is 14.0. The highest BCUT2D eigenvalue weighted by atomic mass is 35.5. The van der Waals surface area contributed by atoms with Crippen molar-refractivity contribution in [2.75, 3.05) is 11.9 Å². The summed E-state index contributed by atoms with van der Waals surface area (Å²) in [6.07, 6.45) is 2.12. The van der Waals surface area contributed by atoms with Crippen LogP contribution in [0, 0.1) is 0 Å². The molecular weight excluding hydrogens is 494 g/mol. The Labute approximate surface area is 230 Å². The summed E-state index contributed by atoms with van der Waals surface area (Å²) in [6, 6.07) is 30.4. The average Bonchev–Trinajstić information content (AvgIpc) is 3.05. The van der Waals surface area contributed by atoms with Gasteiger partial charge in [-0.2, -0.15) is 0 Å². The van der Waals surface area contributed by atoms with Crippen molar-refractivity contribution in [1.82, 2.24) is 10.6 Å². The molecule has 2 amide bonds. The van der Waals surface area contributed by atoms with Crippen LogP contribution in [0.3, 0.4) is 0 Å². The number of amides is 2. The van der Waals surface area contributed by atoms with E-state index in [9.17, 15) is 9.59 Å². The summed E-state index contributed by atoms with van der Waals surface area (Å²) in [5.74, 6) is -0.235. The lowest BCUT2D eigenvalue weighted by atomic mass is 9.96. The number of fused-ring (bicyclic) bond motifs is 2. The minimum atomic E-state index is -0.575. The second-order valence-electron chi connectivity index (χ2n) is 9.80. The van der Waals surface area contributed by atoms with Crippen molar-refractivity contribution >= 4 is 40.7 Å². The Balaban J connectivity index is 0.00000336. The molecule has 2 unspecified atom stereocenters. The van der Waals surface area contributed by atoms with Crippen LogP contribution in [-0.2, 0) is 29.0 Å². The van der Waals surface area contributed by atoms with Crippen LogP contribution >= 0.6 is 12.4 Å². The molecule has 5 nitrogen and oxygen atoms in total. The van der Waals surface area contributed by atoms with Crippen LogP contribution in [0.25, 0.3) is 10.8 Å². The van der Waals surface area contributed by atoms with Gasteiger partial charge in [-0.1, -0.05) is 84.9 Å². The van der Waals surface area contributed by atoms with Crippen molar-refractivity contribution in [3.63, 3.8) is 0 Å². The van der Waals surface area contributed by atoms with Crippen molar-refractivity contribution < 1.29 is 9.59 Å². The van der Waals surface area contributed by atoms with E-state index in [1.165, 1.54) is 11.1 Å². The van der Waals surface area contributed by atoms with Crippen LogP contribution in [0.15, 0.2) is 91.0 Å². The van der Waals surface area contributed by atoms with Gasteiger partial charge in [0.1, 0.15) is 6.04 Å². The molecule has 196 valence electrons. The summed E-state index contributed by atoms with van der Waals surface area (Å²) in [7, 11) is 1.74. The number of nitrogens with zero attached hydrogens (tertiary/aromatic N) is 1. The molecule has 1 aliphatic rings. The molecule has 4 aromatic carbocycles. The van der Waals surface area contributed by atoms with E-state index in [0.29, 0.717) is 13.0 Å². The fraction of sp³-hybridized carbons (Fsp3) is 0.250. The number of halogens is 1. The molecule has 0 bridgehead atoms. The largest absolute Gasteiger partial charge is 0.343 e. The molecule has 5 rings (SSSR count). The summed E-state index contributed by atoms with van der Waals surface area (Å²) >= 11 is 0. The van der Waals surface area contributed by atoms with Crippen molar-refractivity contribution in [3.05, 3.63) is 113 Å². The Morgan fingerprint density at radius 2 is 1.66 bits per heavy atom. The van der Waals surface area contributed by atoms with Crippen molar-refractivity contribution in [2.24, 2.45) is 0 Å². The number of aryl methyl sites for hydroxylation is 1. The van der Waals surface area contributed by atoms with E-state index in [2.05, 4.69) is 71.3 Å². The van der Waals surface area contributed by atoms with Crippen LogP contribution in [-0.4, -0.2) is 30.9 Å². The van der Waals surface area contributed by atoms with E-state index in [1.807, 2.05) is 35.2 Å². The van der Waals surface area contributed by atoms with Gasteiger partial charge in [-0.3, -0.25) is 9.59 Å². The molecule has 1 aliphatic heterocycles. The van der Waals surface area contributed by atoms with Gasteiger partial charge < -0.3 is 15.5 Å². The van der Waals surface area contributed by atoms with Gasteiger partial charge in [0.15, 0.2) is 0 Å². The fourth-order valence-electron chi connectivity index (χ4n) is 5.13. The van der Waals surface area contributed by atoms with Gasteiger partial charge in [-0.25, -0.2) is 0 Å². The van der Waals surface area contributed by atoms with Gasteiger partial charge in [0.25, 0.3) is 0 Å². The number of para-hydroxylation sites is 1. The van der Waals surface area contributed by atoms with Crippen LogP contribution in [0.4, 0.5) is 5.69 Å². The summed E-state index contributed by atoms with van der Waals surface area (Å²) < 4.78 is 0. The highest BCUT2D eigenvalue weighted by molar-refractivity contribution is 6.01. The lowest BCUT2D eigenvalue weighted by Gasteiger charge is -2.28. The average molecular weight is 528 g/mol. The van der Waals surface area contributed by atoms with Crippen LogP contribution in [0.1, 0.15) is 35.6 Å². The zero-order chi connectivity index (χ0) is 25.8. The minimum Gasteiger partial charge on any atom is -0.343 e. The lowest BCUT2D eigenvalue weighted by Crippen LogP contribution is -2.52. The Kier molecular flexibility index (Phi) is 8.82. The van der Waals surface area contributed by atoms with E-state index in [4.69, 9.17) is 0 Å². The van der Waals surface area contributed by atoms with Gasteiger partial charge in [-0.05, 0) is 72.3 Å². The van der Waals surface area contributed by atoms with Gasteiger partial charge >= 0.3 is 0 Å². The minimum absolute atomic E-state index is 0. The molecule has 0 aliphatic carbocycles. The number of nitrogens with one attached hydrogen (secondary N) is 2. The van der Waals surface area contributed by atoms with Crippen LogP contribution in [0.5, 0.6) is 0 Å². The summed E-state index contributed by atoms with van der Waals surface area (Å²) in [4.78, 5) is 28.5. The number of carbonyl (C=O) groups excluding carboxylic acids is 2. The molecule has 0 radical (unpaired) electrons. The predicted octanol–water partition coefficient (Wildman–Crippen LogP) is 5.42. The molecule has 0 aromatic heterocycles. The number of carbonyl (C=O) groups is 2. The van der Waals surface area contributed by atoms with E-state index in [1.54, 1.807) is 14.0 Å². The Morgan fingerprint density at radius 1 is 0.947 bits per heavy atom. The van der Waals surface area contributed by atoms with Crippen molar-refractivity contribution in [2.45, 2.75) is 44.8 Å². The molecule has 38 heavy (non-hydrogen) atoms. The van der Waals surface area contributed by atoms with Crippen molar-refractivity contribution in [3.8, 4) is 0 Å². The Bertz CT molecular complexity index is 1420. The number of rotatable bonds is 7. The molecule has 2 N–H and O–H groups in total. The number of likely N-dealkylation sites (N-methyl/N-ethyl adjacent to an activating group) is 1. The highest BCUT2D eigenvalue weighted by Gasteiger charge is 2.32. The summed E-state index contributed by atoms with van der Waals surface area (Å²) in [5, 5.41) is 8.26. The number of benzene rings is 4. The number of hydrogen-bond donors (Lipinski definition) is 2. The second kappa shape index (κ2) is 12.2. The van der Waals surface area contributed by atoms with Crippen LogP contribution < -0.4 is 15.5 Å². The van der Waals surface area contributed by atoms with E-state index >= 15 is 0 Å². The molecule has 6 heteroatoms. The molecule has 1 heterocycles. The number of anilines is 1. The first-order valence-corrected chi connectivity index (χ1v) is 12.9. The van der Waals surface area contributed by atoms with Crippen LogP contribution in [0.2, 0.25) is 0 Å². The van der Waals surface area contributed by atoms with E-state index < -0.39 is 6.04 Å². The van der Waals surface area contributed by atoms with E-state index in [0.717, 1.165) is 40.4 Å². The van der Waals surface area contributed by atoms with Gasteiger partial charge in [0, 0.05) is 5.69 Å². The predicted molar refractivity (Wildman–Crippen MR) is 157 cm³/mol. The first kappa shape index (κ1) is 27.4. The lowest BCUT2D eigenvalue weighted by molar-refractivity contribution is -0.128. The zero-order valence-electron chi connectivity index (χ0n) is 21.8. The third-order valence-corrected chi connectivity index (χ3v) is 7.28. The highest BCUT2D eigenvalue weighted by Crippen LogP contribution is 2.31. The maximum Gasteiger partial charge on any atom is 0.249 e. The third-order valence-electron chi connectivity index (χ3n) is 7.28. The van der Waals surface area contributed by atoms with Crippen molar-refractivity contribution in [1.29, 1.82) is 0 Å². The molecule has 2 atom stereocenters. The van der Waals surface area contributed by atoms with Gasteiger partial charge in [0.2, 0.25) is 11.8 Å². The molecular formula is C32H34ClN3O2. The first-order valence-electron chi connectivity index (χ1n) is 12.9. The monoisotopic (exact) mass is 527 g/mol. The Hall–Kier alpha value is -3.67. The second-order valence-corrected chi connectivity index (χ2v) is 9.80. The van der Waals surface area contributed by atoms with Gasteiger partial charge in [-0.15, -0.1) is 12.4 Å². The third kappa shape index (κ3) is 5.90. The standard InChI is InChI=1S/C32H33N3O2.ClH/c1-22(33-2)31(36)34-29-17-16-25-12-7-9-15-30(25)35(32(29)37)21-27-20-24(18-23-10-4-3-5-11-23)19-26-13-6-8-14-28(26)27;/h3-15,19-20,22,29,33H,16-18,21H2,1-2H3,(H,34,36);1H. The molecule has 0 saturated heterocycles. The van der Waals surface area contributed by atoms with Gasteiger partial charge in [0.05, 0.1) is 12.6 Å². The quantitative estimate of drug-likeness (QED) is 0.337. The molecule has 0 spiro atoms. The fourth-order valence-corrected chi connectivity index (χ4v) is 5.13. The molecule has 0 fully saturated rings. The SMILES string of the molecule is CNC(C)C(=O)NC1CCc2ccccc2N(Cc2cc(Cc3ccccc3)cc3ccccc23)C1=O.Cl. The zero-order valence-corrected chi connectivity index (χ0v) is 22.6. The molecule has 0 saturated carbocycles.